The van der Waals surface area contributed by atoms with E-state index in [0.29, 0.717) is 0 Å². The molecule has 0 saturated heterocycles. The van der Waals surface area contributed by atoms with Gasteiger partial charge in [-0.15, -0.1) is 0 Å². The molecule has 0 aromatic carbocycles. The SMILES string of the molecule is CCCCCCCCCCC([CH2][AlH2])CCCCCCCC. The topological polar surface area (TPSA) is 0 Å². The summed E-state index contributed by atoms with van der Waals surface area (Å²) in [5, 5.41) is 1.55. The van der Waals surface area contributed by atoms with Crippen LogP contribution < -0.4 is 0 Å². The van der Waals surface area contributed by atoms with Crippen LogP contribution in [-0.4, -0.2) is 16.3 Å². The Morgan fingerprint density at radius 3 is 1.19 bits per heavy atom. The minimum absolute atomic E-state index is 1.09. The first-order chi connectivity index (χ1) is 10.3. The fraction of sp³-hybridized carbons (Fsp3) is 1.00. The number of hydrogen-bond acceptors (Lipinski definition) is 0. The van der Waals surface area contributed by atoms with Gasteiger partial charge < -0.3 is 0 Å². The van der Waals surface area contributed by atoms with Crippen LogP contribution in [0, 0.1) is 5.92 Å². The summed E-state index contributed by atoms with van der Waals surface area (Å²) < 4.78 is 0. The summed E-state index contributed by atoms with van der Waals surface area (Å²) in [4.78, 5) is 0. The minimum Gasteiger partial charge on any atom is -0.0985 e. The molecule has 0 aromatic rings. The van der Waals surface area contributed by atoms with E-state index in [-0.39, 0.29) is 0 Å². The highest BCUT2D eigenvalue weighted by Crippen LogP contribution is 2.21. The molecular weight excluding hydrogens is 267 g/mol. The number of hydrogen-bond donors (Lipinski definition) is 0. The van der Waals surface area contributed by atoms with Crippen LogP contribution >= 0.6 is 0 Å². The molecule has 0 amide bonds. The first-order valence-corrected chi connectivity index (χ1v) is 11.8. The summed E-state index contributed by atoms with van der Waals surface area (Å²) in [5.41, 5.74) is 0. The average Bonchev–Trinajstić information content (AvgIpc) is 2.51. The Labute approximate surface area is 144 Å². The van der Waals surface area contributed by atoms with Crippen molar-refractivity contribution in [2.45, 2.75) is 122 Å². The van der Waals surface area contributed by atoms with Gasteiger partial charge in [0.05, 0.1) is 0 Å². The molecule has 1 atom stereocenters. The molecule has 0 nitrogen and oxygen atoms in total. The van der Waals surface area contributed by atoms with Gasteiger partial charge in [-0.2, -0.15) is 0 Å². The first kappa shape index (κ1) is 21.5. The maximum absolute atomic E-state index is 2.31. The molecule has 1 unspecified atom stereocenters. The second-order valence-corrected chi connectivity index (χ2v) is 7.91. The molecule has 126 valence electrons. The average molecular weight is 311 g/mol. The van der Waals surface area contributed by atoms with Gasteiger partial charge in [0.1, 0.15) is 0 Å². The van der Waals surface area contributed by atoms with Gasteiger partial charge in [0, 0.05) is 0 Å². The number of unbranched alkanes of at least 4 members (excludes halogenated alkanes) is 12. The van der Waals surface area contributed by atoms with E-state index in [0.717, 1.165) is 5.92 Å². The highest BCUT2D eigenvalue weighted by Gasteiger charge is 2.05. The fourth-order valence-corrected chi connectivity index (χ4v) is 4.15. The van der Waals surface area contributed by atoms with Gasteiger partial charge in [0.2, 0.25) is 16.3 Å². The Kier molecular flexibility index (Phi) is 19.1. The van der Waals surface area contributed by atoms with Gasteiger partial charge in [-0.05, 0) is 0 Å². The van der Waals surface area contributed by atoms with Gasteiger partial charge >= 0.3 is 0 Å². The Balaban J connectivity index is 3.28. The van der Waals surface area contributed by atoms with E-state index in [4.69, 9.17) is 0 Å². The summed E-state index contributed by atoms with van der Waals surface area (Å²) in [7, 11) is 0. The zero-order chi connectivity index (χ0) is 15.6. The van der Waals surface area contributed by atoms with Gasteiger partial charge in [-0.3, -0.25) is 0 Å². The third-order valence-electron chi connectivity index (χ3n) is 5.01. The van der Waals surface area contributed by atoms with Crippen LogP contribution in [0.1, 0.15) is 117 Å². The lowest BCUT2D eigenvalue weighted by molar-refractivity contribution is 0.431. The molecule has 0 aliphatic rings. The Bertz CT molecular complexity index is 179. The molecule has 0 bridgehead atoms. The standard InChI is InChI=1S/C20H41.Al.2H/c1-4-6-8-10-12-13-15-17-19-20(3)18-16-14-11-9-7-5-2;;;/h20H,3-19H2,1-2H3;;;. The monoisotopic (exact) mass is 310 g/mol. The van der Waals surface area contributed by atoms with E-state index >= 15 is 0 Å². The maximum atomic E-state index is 2.31. The first-order valence-electron chi connectivity index (χ1n) is 10.3. The molecule has 0 rings (SSSR count). The summed E-state index contributed by atoms with van der Waals surface area (Å²) in [6.07, 6.45) is 23.6. The molecule has 0 saturated carbocycles. The molecule has 21 heavy (non-hydrogen) atoms. The van der Waals surface area contributed by atoms with E-state index in [1.807, 2.05) is 0 Å². The second-order valence-electron chi connectivity index (χ2n) is 7.09. The van der Waals surface area contributed by atoms with Crippen molar-refractivity contribution in [3.05, 3.63) is 0 Å². The lowest BCUT2D eigenvalue weighted by Gasteiger charge is -2.14. The van der Waals surface area contributed by atoms with Crippen molar-refractivity contribution in [1.29, 1.82) is 0 Å². The van der Waals surface area contributed by atoms with Crippen molar-refractivity contribution in [2.24, 2.45) is 5.92 Å². The second kappa shape index (κ2) is 18.6. The third-order valence-corrected chi connectivity index (χ3v) is 6.16. The van der Waals surface area contributed by atoms with Crippen molar-refractivity contribution in [1.82, 2.24) is 0 Å². The Hall–Kier alpha value is 0.532. The lowest BCUT2D eigenvalue weighted by Crippen LogP contribution is -2.00. The summed E-state index contributed by atoms with van der Waals surface area (Å²) in [5.74, 6) is 1.09. The largest absolute Gasteiger partial charge is 0.212 e. The Morgan fingerprint density at radius 1 is 0.524 bits per heavy atom. The van der Waals surface area contributed by atoms with Crippen molar-refractivity contribution in [3.8, 4) is 0 Å². The zero-order valence-electron chi connectivity index (χ0n) is 15.6. The predicted molar refractivity (Wildman–Crippen MR) is 102 cm³/mol. The van der Waals surface area contributed by atoms with Gasteiger partial charge in [-0.1, -0.05) is 128 Å². The van der Waals surface area contributed by atoms with E-state index in [2.05, 4.69) is 13.8 Å². The molecule has 0 aliphatic heterocycles. The van der Waals surface area contributed by atoms with Crippen LogP contribution in [0.4, 0.5) is 0 Å². The molecule has 0 spiro atoms. The van der Waals surface area contributed by atoms with E-state index in [1.54, 1.807) is 5.28 Å². The molecule has 0 aromatic heterocycles. The van der Waals surface area contributed by atoms with E-state index in [9.17, 15) is 0 Å². The minimum atomic E-state index is 1.09. The number of rotatable bonds is 17. The van der Waals surface area contributed by atoms with Crippen LogP contribution in [0.15, 0.2) is 0 Å². The summed E-state index contributed by atoms with van der Waals surface area (Å²) in [6, 6.07) is 0. The smallest absolute Gasteiger partial charge is 0.0985 e. The Morgan fingerprint density at radius 2 is 0.857 bits per heavy atom. The third kappa shape index (κ3) is 16.7. The van der Waals surface area contributed by atoms with Crippen LogP contribution in [0.5, 0.6) is 0 Å². The van der Waals surface area contributed by atoms with E-state index in [1.165, 1.54) is 119 Å². The maximum Gasteiger partial charge on any atom is 0.212 e. The van der Waals surface area contributed by atoms with Crippen molar-refractivity contribution in [3.63, 3.8) is 0 Å². The fourth-order valence-electron chi connectivity index (χ4n) is 3.33. The van der Waals surface area contributed by atoms with Gasteiger partial charge in [-0.25, -0.2) is 0 Å². The van der Waals surface area contributed by atoms with Crippen molar-refractivity contribution < 1.29 is 0 Å². The van der Waals surface area contributed by atoms with E-state index < -0.39 is 0 Å². The molecule has 0 radical (unpaired) electrons. The summed E-state index contributed by atoms with van der Waals surface area (Å²) in [6.45, 7) is 4.61. The molecular formula is C20H43Al. The predicted octanol–water partition coefficient (Wildman–Crippen LogP) is 6.94. The summed E-state index contributed by atoms with van der Waals surface area (Å²) >= 11 is 1.41. The van der Waals surface area contributed by atoms with Crippen LogP contribution in [0.3, 0.4) is 0 Å². The van der Waals surface area contributed by atoms with Crippen LogP contribution in [0.2, 0.25) is 5.28 Å². The van der Waals surface area contributed by atoms with Crippen molar-refractivity contribution in [2.75, 3.05) is 0 Å². The van der Waals surface area contributed by atoms with Crippen molar-refractivity contribution >= 4 is 16.3 Å². The van der Waals surface area contributed by atoms with Gasteiger partial charge in [0.25, 0.3) is 0 Å². The molecule has 1 heteroatoms. The highest BCUT2D eigenvalue weighted by atomic mass is 27.0. The molecule has 0 heterocycles. The zero-order valence-corrected chi connectivity index (χ0v) is 17.6. The van der Waals surface area contributed by atoms with Crippen LogP contribution in [-0.2, 0) is 0 Å². The molecule has 0 fully saturated rings. The lowest BCUT2D eigenvalue weighted by atomic mass is 9.95. The molecule has 0 N–H and O–H groups in total. The van der Waals surface area contributed by atoms with Gasteiger partial charge in [0.15, 0.2) is 0 Å². The molecule has 0 aliphatic carbocycles. The van der Waals surface area contributed by atoms with Crippen LogP contribution in [0.25, 0.3) is 0 Å². The highest BCUT2D eigenvalue weighted by molar-refractivity contribution is 6.08. The quantitative estimate of drug-likeness (QED) is 0.202. The normalized spacial score (nSPS) is 12.7.